The molecule has 72 valence electrons. The first-order chi connectivity index (χ1) is 6.13. The molecule has 0 spiro atoms. The monoisotopic (exact) mass is 186 g/mol. The van der Waals surface area contributed by atoms with Gasteiger partial charge in [-0.15, -0.1) is 0 Å². The Kier molecular flexibility index (Phi) is 2.84. The molecule has 0 saturated carbocycles. The van der Waals surface area contributed by atoms with Crippen molar-refractivity contribution in [1.82, 2.24) is 10.6 Å². The Hall–Kier alpha value is -1.59. The minimum absolute atomic E-state index is 0.0162. The molecule has 1 aliphatic heterocycles. The van der Waals surface area contributed by atoms with Crippen LogP contribution in [0.1, 0.15) is 13.3 Å². The maximum atomic E-state index is 10.9. The van der Waals surface area contributed by atoms with E-state index >= 15 is 0 Å². The van der Waals surface area contributed by atoms with Crippen molar-refractivity contribution >= 4 is 17.9 Å². The minimum Gasteiger partial charge on any atom is -0.450 e. The molecule has 3 amide bonds. The van der Waals surface area contributed by atoms with Gasteiger partial charge in [-0.3, -0.25) is 14.9 Å². The number of hydrogen-bond acceptors (Lipinski definition) is 4. The summed E-state index contributed by atoms with van der Waals surface area (Å²) >= 11 is 0. The van der Waals surface area contributed by atoms with Gasteiger partial charge in [0, 0.05) is 0 Å². The quantitative estimate of drug-likeness (QED) is 0.550. The Morgan fingerprint density at radius 1 is 1.69 bits per heavy atom. The fraction of sp³-hybridized carbons (Fsp3) is 0.571. The Labute approximate surface area is 74.6 Å². The Morgan fingerprint density at radius 2 is 2.38 bits per heavy atom. The average molecular weight is 186 g/mol. The van der Waals surface area contributed by atoms with E-state index in [1.165, 1.54) is 0 Å². The molecule has 1 heterocycles. The van der Waals surface area contributed by atoms with Gasteiger partial charge in [0.2, 0.25) is 11.8 Å². The fourth-order valence-corrected chi connectivity index (χ4v) is 0.985. The molecule has 6 heteroatoms. The molecule has 0 radical (unpaired) electrons. The smallest absolute Gasteiger partial charge is 0.407 e. The lowest BCUT2D eigenvalue weighted by atomic mass is 10.2. The van der Waals surface area contributed by atoms with Gasteiger partial charge in [-0.2, -0.15) is 0 Å². The van der Waals surface area contributed by atoms with Crippen LogP contribution < -0.4 is 10.6 Å². The Morgan fingerprint density at radius 3 is 2.85 bits per heavy atom. The number of ether oxygens (including phenoxy) is 1. The number of alkyl carbamates (subject to hydrolysis) is 1. The molecule has 0 aromatic heterocycles. The van der Waals surface area contributed by atoms with E-state index in [4.69, 9.17) is 0 Å². The molecule has 1 saturated heterocycles. The highest BCUT2D eigenvalue weighted by Crippen LogP contribution is 2.01. The van der Waals surface area contributed by atoms with E-state index in [-0.39, 0.29) is 18.9 Å². The summed E-state index contributed by atoms with van der Waals surface area (Å²) in [6.07, 6.45) is -0.699. The molecule has 0 bridgehead atoms. The molecule has 2 N–H and O–H groups in total. The molecular weight excluding hydrogens is 176 g/mol. The Balaban J connectivity index is 2.41. The SMILES string of the molecule is CCOC(=O)NC1CC(=O)NC1=O. The van der Waals surface area contributed by atoms with Crippen LogP contribution in [0.3, 0.4) is 0 Å². The first kappa shape index (κ1) is 9.50. The molecule has 1 unspecified atom stereocenters. The third-order valence-electron chi connectivity index (χ3n) is 1.54. The molecule has 1 atom stereocenters. The molecule has 0 aromatic carbocycles. The van der Waals surface area contributed by atoms with Crippen molar-refractivity contribution in [3.8, 4) is 0 Å². The largest absolute Gasteiger partial charge is 0.450 e. The standard InChI is InChI=1S/C7H10N2O4/c1-2-13-7(12)8-4-3-5(10)9-6(4)11/h4H,2-3H2,1H3,(H,8,12)(H,9,10,11). The van der Waals surface area contributed by atoms with Gasteiger partial charge in [-0.1, -0.05) is 0 Å². The average Bonchev–Trinajstić information content (AvgIpc) is 2.30. The normalized spacial score (nSPS) is 21.2. The van der Waals surface area contributed by atoms with Crippen molar-refractivity contribution in [2.75, 3.05) is 6.61 Å². The van der Waals surface area contributed by atoms with Crippen LogP contribution in [0.15, 0.2) is 0 Å². The van der Waals surface area contributed by atoms with E-state index in [1.54, 1.807) is 6.92 Å². The lowest BCUT2D eigenvalue weighted by Crippen LogP contribution is -2.40. The highest BCUT2D eigenvalue weighted by molar-refractivity contribution is 6.06. The predicted octanol–water partition coefficient (Wildman–Crippen LogP) is -0.852. The van der Waals surface area contributed by atoms with Crippen LogP contribution in [-0.4, -0.2) is 30.6 Å². The number of imide groups is 1. The zero-order valence-electron chi connectivity index (χ0n) is 7.12. The van der Waals surface area contributed by atoms with Gasteiger partial charge in [0.05, 0.1) is 13.0 Å². The van der Waals surface area contributed by atoms with E-state index in [2.05, 4.69) is 15.4 Å². The summed E-state index contributed by atoms with van der Waals surface area (Å²) in [5.74, 6) is -0.871. The minimum atomic E-state index is -0.786. The number of carbonyl (C=O) groups is 3. The lowest BCUT2D eigenvalue weighted by molar-refractivity contribution is -0.125. The maximum absolute atomic E-state index is 10.9. The van der Waals surface area contributed by atoms with Crippen molar-refractivity contribution in [1.29, 1.82) is 0 Å². The van der Waals surface area contributed by atoms with Gasteiger partial charge in [-0.25, -0.2) is 4.79 Å². The number of rotatable bonds is 2. The molecule has 1 rings (SSSR count). The van der Waals surface area contributed by atoms with Crippen LogP contribution in [0.25, 0.3) is 0 Å². The van der Waals surface area contributed by atoms with Gasteiger partial charge >= 0.3 is 6.09 Å². The second-order valence-electron chi connectivity index (χ2n) is 2.53. The van der Waals surface area contributed by atoms with Gasteiger partial charge < -0.3 is 10.1 Å². The molecule has 6 nitrogen and oxygen atoms in total. The first-order valence-electron chi connectivity index (χ1n) is 3.90. The molecule has 0 aromatic rings. The third kappa shape index (κ3) is 2.43. The van der Waals surface area contributed by atoms with E-state index in [9.17, 15) is 14.4 Å². The summed E-state index contributed by atoms with van der Waals surface area (Å²) in [4.78, 5) is 32.4. The van der Waals surface area contributed by atoms with Crippen LogP contribution in [0.4, 0.5) is 4.79 Å². The molecule has 1 fully saturated rings. The summed E-state index contributed by atoms with van der Waals surface area (Å²) in [6, 6.07) is -0.786. The predicted molar refractivity (Wildman–Crippen MR) is 41.7 cm³/mol. The molecular formula is C7H10N2O4. The van der Waals surface area contributed by atoms with Gasteiger partial charge in [-0.05, 0) is 6.92 Å². The third-order valence-corrected chi connectivity index (χ3v) is 1.54. The summed E-state index contributed by atoms with van der Waals surface area (Å²) < 4.78 is 4.55. The highest BCUT2D eigenvalue weighted by Gasteiger charge is 2.31. The van der Waals surface area contributed by atoms with Crippen molar-refractivity contribution in [2.24, 2.45) is 0 Å². The van der Waals surface area contributed by atoms with Crippen molar-refractivity contribution in [2.45, 2.75) is 19.4 Å². The summed E-state index contributed by atoms with van der Waals surface area (Å²) in [7, 11) is 0. The van der Waals surface area contributed by atoms with Crippen molar-refractivity contribution in [3.63, 3.8) is 0 Å². The van der Waals surface area contributed by atoms with Crippen LogP contribution in [0.2, 0.25) is 0 Å². The molecule has 1 aliphatic rings. The second kappa shape index (κ2) is 3.88. The van der Waals surface area contributed by atoms with Gasteiger partial charge in [0.15, 0.2) is 0 Å². The van der Waals surface area contributed by atoms with Crippen molar-refractivity contribution < 1.29 is 19.1 Å². The summed E-state index contributed by atoms with van der Waals surface area (Å²) in [5.41, 5.74) is 0. The number of nitrogens with one attached hydrogen (secondary N) is 2. The summed E-state index contributed by atoms with van der Waals surface area (Å²) in [5, 5.41) is 4.33. The molecule has 0 aliphatic carbocycles. The van der Waals surface area contributed by atoms with E-state index in [0.717, 1.165) is 0 Å². The van der Waals surface area contributed by atoms with Gasteiger partial charge in [0.25, 0.3) is 0 Å². The van der Waals surface area contributed by atoms with Crippen LogP contribution >= 0.6 is 0 Å². The van der Waals surface area contributed by atoms with Gasteiger partial charge in [0.1, 0.15) is 6.04 Å². The van der Waals surface area contributed by atoms with E-state index in [1.807, 2.05) is 0 Å². The topological polar surface area (TPSA) is 84.5 Å². The van der Waals surface area contributed by atoms with Crippen LogP contribution in [-0.2, 0) is 14.3 Å². The zero-order valence-corrected chi connectivity index (χ0v) is 7.12. The Bertz CT molecular complexity index is 251. The number of amides is 3. The number of carbonyl (C=O) groups excluding carboxylic acids is 3. The molecule has 13 heavy (non-hydrogen) atoms. The van der Waals surface area contributed by atoms with Crippen LogP contribution in [0, 0.1) is 0 Å². The zero-order chi connectivity index (χ0) is 9.84. The first-order valence-corrected chi connectivity index (χ1v) is 3.90. The van der Waals surface area contributed by atoms with Crippen LogP contribution in [0.5, 0.6) is 0 Å². The van der Waals surface area contributed by atoms with Crippen molar-refractivity contribution in [3.05, 3.63) is 0 Å². The highest BCUT2D eigenvalue weighted by atomic mass is 16.5. The second-order valence-corrected chi connectivity index (χ2v) is 2.53. The maximum Gasteiger partial charge on any atom is 0.407 e. The van der Waals surface area contributed by atoms with E-state index in [0.29, 0.717) is 0 Å². The fourth-order valence-electron chi connectivity index (χ4n) is 0.985. The summed E-state index contributed by atoms with van der Waals surface area (Å²) in [6.45, 7) is 1.88. The number of hydrogen-bond donors (Lipinski definition) is 2. The lowest BCUT2D eigenvalue weighted by Gasteiger charge is -2.07. The van der Waals surface area contributed by atoms with E-state index < -0.39 is 18.0 Å².